The molecule has 0 spiro atoms. The number of carbonyl (C=O) groups excluding carboxylic acids is 1. The van der Waals surface area contributed by atoms with Gasteiger partial charge in [-0.3, -0.25) is 18.7 Å². The number of aromatic nitrogens is 5. The van der Waals surface area contributed by atoms with E-state index in [-0.39, 0.29) is 23.5 Å². The Bertz CT molecular complexity index is 1540. The van der Waals surface area contributed by atoms with Crippen LogP contribution in [0.3, 0.4) is 0 Å². The molecule has 0 aliphatic carbocycles. The zero-order valence-corrected chi connectivity index (χ0v) is 18.3. The van der Waals surface area contributed by atoms with Crippen molar-refractivity contribution in [3.05, 3.63) is 74.6 Å². The molecule has 0 saturated carbocycles. The second kappa shape index (κ2) is 9.04. The van der Waals surface area contributed by atoms with Crippen molar-refractivity contribution in [2.75, 3.05) is 12.4 Å². The Morgan fingerprint density at radius 2 is 1.89 bits per heavy atom. The predicted octanol–water partition coefficient (Wildman–Crippen LogP) is 1.74. The lowest BCUT2D eigenvalue weighted by Crippen LogP contribution is -2.40. The maximum atomic E-state index is 13.0. The predicted molar refractivity (Wildman–Crippen MR) is 115 cm³/mol. The molecule has 35 heavy (non-hydrogen) atoms. The zero-order valence-electron chi connectivity index (χ0n) is 18.3. The Morgan fingerprint density at radius 3 is 2.60 bits per heavy atom. The molecule has 182 valence electrons. The van der Waals surface area contributed by atoms with Gasteiger partial charge in [-0.05, 0) is 24.3 Å². The first-order chi connectivity index (χ1) is 16.6. The monoisotopic (exact) mass is 490 g/mol. The maximum Gasteiger partial charge on any atom is 0.433 e. The highest BCUT2D eigenvalue weighted by molar-refractivity contribution is 5.93. The van der Waals surface area contributed by atoms with Gasteiger partial charge in [-0.25, -0.2) is 9.78 Å². The molecule has 1 aromatic carbocycles. The largest absolute Gasteiger partial charge is 0.495 e. The number of halogens is 3. The van der Waals surface area contributed by atoms with Crippen molar-refractivity contribution >= 4 is 22.6 Å². The van der Waals surface area contributed by atoms with E-state index in [9.17, 15) is 27.6 Å². The molecule has 0 saturated heterocycles. The van der Waals surface area contributed by atoms with E-state index in [4.69, 9.17) is 9.26 Å². The van der Waals surface area contributed by atoms with Crippen LogP contribution in [0.15, 0.2) is 50.5 Å². The summed E-state index contributed by atoms with van der Waals surface area (Å²) in [7, 11) is 2.65. The number of nitrogens with one attached hydrogen (secondary N) is 1. The summed E-state index contributed by atoms with van der Waals surface area (Å²) in [6, 6.07) is 8.38. The minimum Gasteiger partial charge on any atom is -0.495 e. The van der Waals surface area contributed by atoms with E-state index in [1.54, 1.807) is 24.3 Å². The molecule has 3 aromatic heterocycles. The molecule has 0 atom stereocenters. The first kappa shape index (κ1) is 23.7. The van der Waals surface area contributed by atoms with E-state index in [1.807, 2.05) is 0 Å². The molecule has 0 fully saturated rings. The number of hydrogen-bond acceptors (Lipinski definition) is 8. The average molecular weight is 490 g/mol. The van der Waals surface area contributed by atoms with Crippen molar-refractivity contribution in [3.8, 4) is 5.75 Å². The van der Waals surface area contributed by atoms with Crippen LogP contribution in [0, 0.1) is 0 Å². The van der Waals surface area contributed by atoms with Crippen molar-refractivity contribution < 1.29 is 27.2 Å². The molecule has 3 heterocycles. The van der Waals surface area contributed by atoms with E-state index in [1.165, 1.54) is 14.2 Å². The zero-order chi connectivity index (χ0) is 25.3. The number of rotatable bonds is 6. The van der Waals surface area contributed by atoms with Gasteiger partial charge in [0.25, 0.3) is 5.56 Å². The van der Waals surface area contributed by atoms with Crippen LogP contribution in [0.4, 0.5) is 18.9 Å². The van der Waals surface area contributed by atoms with Crippen LogP contribution < -0.4 is 21.3 Å². The highest BCUT2D eigenvalue weighted by Gasteiger charge is 2.33. The first-order valence-corrected chi connectivity index (χ1v) is 10.0. The van der Waals surface area contributed by atoms with Crippen molar-refractivity contribution in [2.45, 2.75) is 19.1 Å². The number of alkyl halides is 3. The number of pyridine rings is 1. The number of fused-ring (bicyclic) bond motifs is 1. The molecule has 11 nitrogen and oxygen atoms in total. The summed E-state index contributed by atoms with van der Waals surface area (Å²) < 4.78 is 50.7. The van der Waals surface area contributed by atoms with Crippen molar-refractivity contribution in [2.24, 2.45) is 7.05 Å². The van der Waals surface area contributed by atoms with Crippen LogP contribution in [0.2, 0.25) is 0 Å². The SMILES string of the molecule is COc1ccccc1NC(=O)Cc1noc(Cn2c(=O)c3ccc(C(F)(F)F)nc3n(C)c2=O)n1. The Hall–Kier alpha value is -4.49. The maximum absolute atomic E-state index is 13.0. The Labute approximate surface area is 193 Å². The molecule has 0 unspecified atom stereocenters. The highest BCUT2D eigenvalue weighted by Crippen LogP contribution is 2.28. The number of carbonyl (C=O) groups is 1. The van der Waals surface area contributed by atoms with Gasteiger partial charge in [0.1, 0.15) is 23.6 Å². The van der Waals surface area contributed by atoms with Crippen LogP contribution in [0.5, 0.6) is 5.75 Å². The standard InChI is InChI=1S/C21H17F3N6O5/c1-29-18-11(7-8-14(26-18)21(22,23)24)19(32)30(20(29)33)10-17-27-15(28-35-17)9-16(31)25-12-5-3-4-6-13(12)34-2/h3-8H,9-10H2,1-2H3,(H,25,31). The number of ether oxygens (including phenoxy) is 1. The van der Waals surface area contributed by atoms with Crippen LogP contribution in [0.1, 0.15) is 17.4 Å². The molecule has 0 aliphatic rings. The molecular formula is C21H17F3N6O5. The van der Waals surface area contributed by atoms with Crippen LogP contribution in [-0.4, -0.2) is 37.3 Å². The quantitative estimate of drug-likeness (QED) is 0.432. The number of amides is 1. The Kier molecular flexibility index (Phi) is 6.11. The van der Waals surface area contributed by atoms with Gasteiger partial charge in [-0.15, -0.1) is 0 Å². The molecule has 0 bridgehead atoms. The summed E-state index contributed by atoms with van der Waals surface area (Å²) in [5.74, 6) is -0.164. The number of benzene rings is 1. The van der Waals surface area contributed by atoms with E-state index in [0.717, 1.165) is 15.2 Å². The number of methoxy groups -OCH3 is 1. The summed E-state index contributed by atoms with van der Waals surface area (Å²) in [4.78, 5) is 45.2. The van der Waals surface area contributed by atoms with Crippen molar-refractivity contribution in [3.63, 3.8) is 0 Å². The number of hydrogen-bond donors (Lipinski definition) is 1. The summed E-state index contributed by atoms with van der Waals surface area (Å²) in [5, 5.41) is 6.13. The normalized spacial score (nSPS) is 11.6. The minimum absolute atomic E-state index is 0.00505. The molecule has 1 amide bonds. The fourth-order valence-electron chi connectivity index (χ4n) is 3.32. The fourth-order valence-corrected chi connectivity index (χ4v) is 3.32. The van der Waals surface area contributed by atoms with Crippen molar-refractivity contribution in [1.82, 2.24) is 24.3 Å². The van der Waals surface area contributed by atoms with E-state index < -0.39 is 41.2 Å². The van der Waals surface area contributed by atoms with E-state index in [2.05, 4.69) is 20.4 Å². The Morgan fingerprint density at radius 1 is 1.14 bits per heavy atom. The van der Waals surface area contributed by atoms with Gasteiger partial charge < -0.3 is 14.6 Å². The van der Waals surface area contributed by atoms with Gasteiger partial charge in [-0.1, -0.05) is 17.3 Å². The van der Waals surface area contributed by atoms with Crippen LogP contribution in [0.25, 0.3) is 11.0 Å². The number of nitrogens with zero attached hydrogens (tertiary/aromatic N) is 5. The third-order valence-corrected chi connectivity index (χ3v) is 4.98. The third-order valence-electron chi connectivity index (χ3n) is 4.98. The minimum atomic E-state index is -4.74. The van der Waals surface area contributed by atoms with Crippen molar-refractivity contribution in [1.29, 1.82) is 0 Å². The number of anilines is 1. The summed E-state index contributed by atoms with van der Waals surface area (Å²) >= 11 is 0. The van der Waals surface area contributed by atoms with Crippen LogP contribution >= 0.6 is 0 Å². The molecule has 4 aromatic rings. The third kappa shape index (κ3) is 4.76. The molecule has 4 rings (SSSR count). The molecule has 14 heteroatoms. The summed E-state index contributed by atoms with van der Waals surface area (Å²) in [6.45, 7) is -0.455. The summed E-state index contributed by atoms with van der Waals surface area (Å²) in [5.41, 5.74) is -3.01. The topological polar surface area (TPSA) is 134 Å². The molecule has 0 radical (unpaired) electrons. The molecule has 1 N–H and O–H groups in total. The fraction of sp³-hybridized carbons (Fsp3) is 0.238. The number of aryl methyl sites for hydroxylation is 1. The van der Waals surface area contributed by atoms with Gasteiger partial charge in [-0.2, -0.15) is 18.2 Å². The second-order valence-electron chi connectivity index (χ2n) is 7.33. The van der Waals surface area contributed by atoms with E-state index >= 15 is 0 Å². The van der Waals surface area contributed by atoms with Gasteiger partial charge in [0.15, 0.2) is 5.82 Å². The van der Waals surface area contributed by atoms with Gasteiger partial charge >= 0.3 is 11.9 Å². The smallest absolute Gasteiger partial charge is 0.433 e. The average Bonchev–Trinajstić information content (AvgIpc) is 3.26. The lowest BCUT2D eigenvalue weighted by atomic mass is 10.2. The molecular weight excluding hydrogens is 473 g/mol. The highest BCUT2D eigenvalue weighted by atomic mass is 19.4. The van der Waals surface area contributed by atoms with Gasteiger partial charge in [0.2, 0.25) is 11.8 Å². The molecule has 0 aliphatic heterocycles. The lowest BCUT2D eigenvalue weighted by molar-refractivity contribution is -0.141. The Balaban J connectivity index is 1.56. The first-order valence-electron chi connectivity index (χ1n) is 10.0. The lowest BCUT2D eigenvalue weighted by Gasteiger charge is -2.11. The van der Waals surface area contributed by atoms with E-state index in [0.29, 0.717) is 17.5 Å². The van der Waals surface area contributed by atoms with Gasteiger partial charge in [0, 0.05) is 7.05 Å². The number of para-hydroxylation sites is 2. The summed E-state index contributed by atoms with van der Waals surface area (Å²) in [6.07, 6.45) is -5.01. The van der Waals surface area contributed by atoms with Gasteiger partial charge in [0.05, 0.1) is 24.6 Å². The second-order valence-corrected chi connectivity index (χ2v) is 7.33. The van der Waals surface area contributed by atoms with Crippen LogP contribution in [-0.2, 0) is 31.0 Å².